The van der Waals surface area contributed by atoms with Crippen LogP contribution in [0.4, 0.5) is 9.18 Å². The van der Waals surface area contributed by atoms with Gasteiger partial charge in [0.2, 0.25) is 0 Å². The minimum absolute atomic E-state index is 0.00929. The van der Waals surface area contributed by atoms with Crippen LogP contribution in [0.5, 0.6) is 5.75 Å². The first kappa shape index (κ1) is 25.2. The van der Waals surface area contributed by atoms with E-state index in [0.717, 1.165) is 5.56 Å². The van der Waals surface area contributed by atoms with E-state index < -0.39 is 12.1 Å². The van der Waals surface area contributed by atoms with Gasteiger partial charge in [-0.3, -0.25) is 4.98 Å². The second-order valence-electron chi connectivity index (χ2n) is 8.86. The van der Waals surface area contributed by atoms with Crippen LogP contribution >= 0.6 is 0 Å². The molecule has 3 aromatic rings. The van der Waals surface area contributed by atoms with Crippen molar-refractivity contribution in [2.75, 3.05) is 20.2 Å². The summed E-state index contributed by atoms with van der Waals surface area (Å²) in [6, 6.07) is 14.8. The fraction of sp³-hybridized carbons (Fsp3) is 0.321. The summed E-state index contributed by atoms with van der Waals surface area (Å²) in [4.78, 5) is 29.8. The number of halogens is 1. The molecule has 1 aliphatic heterocycles. The zero-order valence-electron chi connectivity index (χ0n) is 20.2. The summed E-state index contributed by atoms with van der Waals surface area (Å²) >= 11 is 0. The number of carboxylic acid groups (broad SMARTS) is 1. The number of benzene rings is 2. The first-order valence-corrected chi connectivity index (χ1v) is 11.9. The van der Waals surface area contributed by atoms with Gasteiger partial charge in [0.25, 0.3) is 0 Å². The lowest BCUT2D eigenvalue weighted by Gasteiger charge is -2.33. The summed E-state index contributed by atoms with van der Waals surface area (Å²) in [6.07, 6.45) is 4.40. The number of pyridine rings is 1. The molecule has 0 radical (unpaired) electrons. The zero-order valence-corrected chi connectivity index (χ0v) is 20.2. The molecule has 0 saturated carbocycles. The Morgan fingerprint density at radius 3 is 2.78 bits per heavy atom. The molecule has 0 spiro atoms. The number of carbonyl (C=O) groups is 2. The molecule has 7 nitrogen and oxygen atoms in total. The van der Waals surface area contributed by atoms with Gasteiger partial charge in [0.05, 0.1) is 18.8 Å². The highest BCUT2D eigenvalue weighted by Gasteiger charge is 2.28. The molecule has 1 atom stereocenters. The molecule has 36 heavy (non-hydrogen) atoms. The number of hydrogen-bond donors (Lipinski definition) is 1. The van der Waals surface area contributed by atoms with Crippen LogP contribution in [0.25, 0.3) is 10.9 Å². The molecule has 4 rings (SSSR count). The second-order valence-corrected chi connectivity index (χ2v) is 8.86. The number of carbonyl (C=O) groups excluding carboxylic acids is 1. The molecule has 1 fully saturated rings. The topological polar surface area (TPSA) is 89.0 Å². The average molecular weight is 493 g/mol. The maximum absolute atomic E-state index is 14.7. The van der Waals surface area contributed by atoms with Gasteiger partial charge in [0, 0.05) is 24.6 Å². The third kappa shape index (κ3) is 6.19. The molecule has 8 heteroatoms. The van der Waals surface area contributed by atoms with Crippen LogP contribution in [-0.2, 0) is 22.6 Å². The molecular weight excluding hydrogens is 463 g/mol. The molecule has 1 unspecified atom stereocenters. The van der Waals surface area contributed by atoms with Crippen molar-refractivity contribution in [3.8, 4) is 5.75 Å². The third-order valence-electron chi connectivity index (χ3n) is 6.53. The SMILES string of the molecule is COc1ccc2ncc(F)c(CCCC3CCN(C(=O)OCc4ccccc4)C/C3=C\C(=O)O)c2c1. The highest BCUT2D eigenvalue weighted by Crippen LogP contribution is 2.30. The third-order valence-corrected chi connectivity index (χ3v) is 6.53. The molecule has 0 aliphatic carbocycles. The van der Waals surface area contributed by atoms with Crippen molar-refractivity contribution in [1.29, 1.82) is 0 Å². The van der Waals surface area contributed by atoms with Crippen molar-refractivity contribution in [2.24, 2.45) is 5.92 Å². The van der Waals surface area contributed by atoms with E-state index in [-0.39, 0.29) is 24.9 Å². The van der Waals surface area contributed by atoms with E-state index in [4.69, 9.17) is 9.47 Å². The van der Waals surface area contributed by atoms with Crippen molar-refractivity contribution in [3.05, 3.63) is 83.3 Å². The molecule has 2 heterocycles. The summed E-state index contributed by atoms with van der Waals surface area (Å²) < 4.78 is 25.4. The number of carboxylic acids is 1. The molecule has 0 bridgehead atoms. The molecule has 1 N–H and O–H groups in total. The first-order valence-electron chi connectivity index (χ1n) is 11.9. The molecule has 1 amide bonds. The summed E-state index contributed by atoms with van der Waals surface area (Å²) in [5.41, 5.74) is 2.83. The number of nitrogens with zero attached hydrogens (tertiary/aromatic N) is 2. The molecule has 188 valence electrons. The van der Waals surface area contributed by atoms with Gasteiger partial charge in [0.15, 0.2) is 0 Å². The lowest BCUT2D eigenvalue weighted by molar-refractivity contribution is -0.131. The van der Waals surface area contributed by atoms with Crippen LogP contribution in [0.3, 0.4) is 0 Å². The van der Waals surface area contributed by atoms with E-state index in [1.165, 1.54) is 17.2 Å². The molecule has 1 saturated heterocycles. The Morgan fingerprint density at radius 1 is 1.22 bits per heavy atom. The van der Waals surface area contributed by atoms with Crippen LogP contribution in [0.2, 0.25) is 0 Å². The van der Waals surface area contributed by atoms with Crippen molar-refractivity contribution >= 4 is 23.0 Å². The van der Waals surface area contributed by atoms with Gasteiger partial charge in [-0.1, -0.05) is 30.3 Å². The number of aryl methyl sites for hydroxylation is 1. The van der Waals surface area contributed by atoms with E-state index in [9.17, 15) is 19.1 Å². The summed E-state index contributed by atoms with van der Waals surface area (Å²) in [6.45, 7) is 0.834. The minimum atomic E-state index is -1.05. The standard InChI is InChI=1S/C28H29FN2O5/c1-35-22-10-11-26-24(15-22)23(25(29)16-30-26)9-5-8-20-12-13-31(17-21(20)14-27(32)33)28(34)36-18-19-6-3-2-4-7-19/h2-4,6-7,10-11,14-16,20H,5,8-9,12-13,17-18H2,1H3,(H,32,33)/b21-14+. The monoisotopic (exact) mass is 492 g/mol. The number of likely N-dealkylation sites (tertiary alicyclic amines) is 1. The van der Waals surface area contributed by atoms with Crippen LogP contribution in [0.1, 0.15) is 30.4 Å². The fourth-order valence-electron chi connectivity index (χ4n) is 4.65. The predicted molar refractivity (Wildman–Crippen MR) is 133 cm³/mol. The predicted octanol–water partition coefficient (Wildman–Crippen LogP) is 5.37. The Balaban J connectivity index is 1.39. The Kier molecular flexibility index (Phi) is 8.15. The average Bonchev–Trinajstić information content (AvgIpc) is 2.89. The van der Waals surface area contributed by atoms with E-state index in [1.807, 2.05) is 30.3 Å². The Morgan fingerprint density at radius 2 is 2.03 bits per heavy atom. The molecule has 2 aromatic carbocycles. The summed E-state index contributed by atoms with van der Waals surface area (Å²) in [5, 5.41) is 10.1. The van der Waals surface area contributed by atoms with Gasteiger partial charge in [-0.05, 0) is 66.5 Å². The maximum atomic E-state index is 14.7. The number of ether oxygens (including phenoxy) is 2. The van der Waals surface area contributed by atoms with Crippen LogP contribution in [-0.4, -0.2) is 47.3 Å². The molecule has 1 aromatic heterocycles. The highest BCUT2D eigenvalue weighted by atomic mass is 19.1. The van der Waals surface area contributed by atoms with Crippen molar-refractivity contribution < 1.29 is 28.6 Å². The zero-order chi connectivity index (χ0) is 25.5. The second kappa shape index (κ2) is 11.7. The Hall–Kier alpha value is -3.94. The summed E-state index contributed by atoms with van der Waals surface area (Å²) in [5.74, 6) is -0.792. The molecular formula is C28H29FN2O5. The van der Waals surface area contributed by atoms with E-state index in [2.05, 4.69) is 4.98 Å². The van der Waals surface area contributed by atoms with Crippen LogP contribution in [0, 0.1) is 11.7 Å². The number of aromatic nitrogens is 1. The fourth-order valence-corrected chi connectivity index (χ4v) is 4.65. The number of amides is 1. The number of methoxy groups -OCH3 is 1. The van der Waals surface area contributed by atoms with Gasteiger partial charge in [0.1, 0.15) is 18.2 Å². The van der Waals surface area contributed by atoms with Crippen molar-refractivity contribution in [1.82, 2.24) is 9.88 Å². The van der Waals surface area contributed by atoms with Gasteiger partial charge in [-0.2, -0.15) is 0 Å². The molecule has 1 aliphatic rings. The van der Waals surface area contributed by atoms with Gasteiger partial charge >= 0.3 is 12.1 Å². The Labute approximate surface area is 209 Å². The number of aliphatic carboxylic acids is 1. The minimum Gasteiger partial charge on any atom is -0.497 e. The largest absolute Gasteiger partial charge is 0.497 e. The number of piperidine rings is 1. The van der Waals surface area contributed by atoms with Crippen molar-refractivity contribution in [2.45, 2.75) is 32.3 Å². The smallest absolute Gasteiger partial charge is 0.410 e. The van der Waals surface area contributed by atoms with E-state index in [1.54, 1.807) is 25.3 Å². The lowest BCUT2D eigenvalue weighted by atomic mass is 9.86. The number of fused-ring (bicyclic) bond motifs is 1. The van der Waals surface area contributed by atoms with Crippen molar-refractivity contribution in [3.63, 3.8) is 0 Å². The highest BCUT2D eigenvalue weighted by molar-refractivity contribution is 5.83. The van der Waals surface area contributed by atoms with E-state index >= 15 is 0 Å². The number of hydrogen-bond acceptors (Lipinski definition) is 5. The lowest BCUT2D eigenvalue weighted by Crippen LogP contribution is -2.40. The quantitative estimate of drug-likeness (QED) is 0.425. The summed E-state index contributed by atoms with van der Waals surface area (Å²) in [7, 11) is 1.56. The van der Waals surface area contributed by atoms with Crippen LogP contribution in [0.15, 0.2) is 66.4 Å². The van der Waals surface area contributed by atoms with Gasteiger partial charge < -0.3 is 19.5 Å². The van der Waals surface area contributed by atoms with Gasteiger partial charge in [-0.25, -0.2) is 14.0 Å². The normalized spacial score (nSPS) is 16.8. The van der Waals surface area contributed by atoms with Gasteiger partial charge in [-0.15, -0.1) is 0 Å². The Bertz CT molecular complexity index is 1260. The van der Waals surface area contributed by atoms with E-state index in [0.29, 0.717) is 60.0 Å². The number of rotatable bonds is 8. The van der Waals surface area contributed by atoms with Crippen LogP contribution < -0.4 is 4.74 Å². The maximum Gasteiger partial charge on any atom is 0.410 e. The first-order chi connectivity index (χ1) is 17.4.